The second-order valence-corrected chi connectivity index (χ2v) is 11.8. The van der Waals surface area contributed by atoms with E-state index in [0.29, 0.717) is 22.6 Å². The van der Waals surface area contributed by atoms with E-state index >= 15 is 0 Å². The Labute approximate surface area is 249 Å². The summed E-state index contributed by atoms with van der Waals surface area (Å²) >= 11 is 0. The van der Waals surface area contributed by atoms with Crippen molar-refractivity contribution in [2.75, 3.05) is 7.11 Å². The van der Waals surface area contributed by atoms with Crippen LogP contribution in [0.15, 0.2) is 18.3 Å². The summed E-state index contributed by atoms with van der Waals surface area (Å²) in [6.07, 6.45) is 9.26. The third-order valence-corrected chi connectivity index (χ3v) is 9.56. The average molecular weight is 583 g/mol. The number of allylic oxidation sites excluding steroid dienone is 1. The predicted molar refractivity (Wildman–Crippen MR) is 166 cm³/mol. The summed E-state index contributed by atoms with van der Waals surface area (Å²) in [6, 6.07) is 1.72. The van der Waals surface area contributed by atoms with Crippen LogP contribution in [-0.2, 0) is 20.7 Å². The summed E-state index contributed by atoms with van der Waals surface area (Å²) in [5, 5.41) is 28.0. The number of aliphatic hydroxyl groups is 1. The van der Waals surface area contributed by atoms with Gasteiger partial charge in [0.25, 0.3) is 0 Å². The lowest BCUT2D eigenvalue weighted by molar-refractivity contribution is -0.142. The summed E-state index contributed by atoms with van der Waals surface area (Å²) < 4.78 is 5.19. The monoisotopic (exact) mass is 582 g/mol. The minimum absolute atomic E-state index is 0.0159. The molecule has 4 atom stereocenters. The van der Waals surface area contributed by atoms with E-state index in [4.69, 9.17) is 4.74 Å². The SMILES string of the molecule is C=Cc1c2[nH]c(c1C)/C=C1\NC(C3=c4[nH]c(c(C)c4=C(O)[C@@H]3C(=O)OC)/C=c3\[nH]/c(cc3CC)=C\2)[C@@H](CCC(=O)O)[C@@H]1C. The number of nitrogens with one attached hydrogen (secondary N) is 4. The first kappa shape index (κ1) is 28.5. The zero-order valence-corrected chi connectivity index (χ0v) is 25.1. The fourth-order valence-electron chi connectivity index (χ4n) is 7.21. The fourth-order valence-corrected chi connectivity index (χ4v) is 7.21. The van der Waals surface area contributed by atoms with Gasteiger partial charge in [-0.3, -0.25) is 9.59 Å². The summed E-state index contributed by atoms with van der Waals surface area (Å²) in [4.78, 5) is 35.6. The van der Waals surface area contributed by atoms with Gasteiger partial charge in [0.05, 0.1) is 18.5 Å². The lowest BCUT2D eigenvalue weighted by Gasteiger charge is -2.26. The Morgan fingerprint density at radius 1 is 1.07 bits per heavy atom. The quantitative estimate of drug-likeness (QED) is 0.246. The summed E-state index contributed by atoms with van der Waals surface area (Å²) in [5.74, 6) is -2.70. The number of carbonyl (C=O) groups excluding carboxylic acids is 1. The van der Waals surface area contributed by atoms with E-state index in [1.54, 1.807) is 0 Å². The van der Waals surface area contributed by atoms with Crippen LogP contribution in [0.3, 0.4) is 0 Å². The molecule has 8 bridgehead atoms. The minimum Gasteiger partial charge on any atom is -0.510 e. The number of aromatic amines is 3. The number of hydrogen-bond donors (Lipinski definition) is 6. The molecule has 6 N–H and O–H groups in total. The number of fused-ring (bicyclic) bond motifs is 8. The van der Waals surface area contributed by atoms with Crippen LogP contribution in [0.5, 0.6) is 0 Å². The maximum absolute atomic E-state index is 13.2. The van der Waals surface area contributed by atoms with Gasteiger partial charge in [-0.15, -0.1) is 0 Å². The van der Waals surface area contributed by atoms with Crippen LogP contribution in [0.4, 0.5) is 0 Å². The molecule has 9 heteroatoms. The highest BCUT2D eigenvalue weighted by molar-refractivity contribution is 5.95. The van der Waals surface area contributed by atoms with Gasteiger partial charge in [-0.25, -0.2) is 0 Å². The standard InChI is InChI=1S/C34H38N4O5/c1-7-18-11-19-12-26-20(8-2)15(3)22(36-26)13-23-16(4)21(9-10-27(39)40)31(37-23)29-30(34(42)43-6)33(41)28-17(5)24(38-32(28)29)14-25(18)35-19/h8,11-14,16,21,30-31,35-38,41H,2,7,9-10H2,1,3-6H3,(H,39,40)/b19-12-,23-13-,25-14-/t16-,21-,30+,31?/m0/s1. The van der Waals surface area contributed by atoms with Gasteiger partial charge in [0.15, 0.2) is 0 Å². The van der Waals surface area contributed by atoms with Gasteiger partial charge in [0.2, 0.25) is 0 Å². The number of carboxylic acid groups (broad SMARTS) is 1. The molecule has 6 rings (SSSR count). The zero-order valence-electron chi connectivity index (χ0n) is 25.1. The van der Waals surface area contributed by atoms with Crippen LogP contribution in [0.25, 0.3) is 35.6 Å². The van der Waals surface area contributed by atoms with Crippen LogP contribution in [-0.4, -0.2) is 50.3 Å². The number of hydrogen-bond acceptors (Lipinski definition) is 5. The Bertz CT molecular complexity index is 1970. The largest absolute Gasteiger partial charge is 0.510 e. The third kappa shape index (κ3) is 4.45. The molecule has 224 valence electrons. The van der Waals surface area contributed by atoms with Gasteiger partial charge in [0, 0.05) is 56.6 Å². The molecule has 0 aromatic carbocycles. The number of rotatable bonds is 6. The van der Waals surface area contributed by atoms with Crippen LogP contribution in [0, 0.1) is 31.6 Å². The molecule has 0 saturated carbocycles. The lowest BCUT2D eigenvalue weighted by Crippen LogP contribution is -2.38. The normalized spacial score (nSPS) is 24.8. The zero-order chi connectivity index (χ0) is 30.7. The molecule has 3 aliphatic rings. The molecule has 2 aliphatic heterocycles. The van der Waals surface area contributed by atoms with Gasteiger partial charge in [-0.1, -0.05) is 26.5 Å². The molecular weight excluding hydrogens is 544 g/mol. The van der Waals surface area contributed by atoms with Crippen molar-refractivity contribution < 1.29 is 24.5 Å². The first-order valence-corrected chi connectivity index (χ1v) is 14.8. The number of carbonyl (C=O) groups is 2. The van der Waals surface area contributed by atoms with E-state index in [2.05, 4.69) is 65.8 Å². The maximum Gasteiger partial charge on any atom is 0.320 e. The van der Waals surface area contributed by atoms with Crippen LogP contribution in [0.2, 0.25) is 0 Å². The third-order valence-electron chi connectivity index (χ3n) is 9.56. The molecule has 43 heavy (non-hydrogen) atoms. The highest BCUT2D eigenvalue weighted by Gasteiger charge is 2.46. The smallest absolute Gasteiger partial charge is 0.320 e. The van der Waals surface area contributed by atoms with E-state index in [9.17, 15) is 19.8 Å². The highest BCUT2D eigenvalue weighted by atomic mass is 16.5. The number of carboxylic acids is 1. The van der Waals surface area contributed by atoms with Gasteiger partial charge in [0.1, 0.15) is 11.7 Å². The Balaban J connectivity index is 1.71. The number of aromatic nitrogens is 3. The molecular formula is C34H38N4O5. The Morgan fingerprint density at radius 2 is 1.81 bits per heavy atom. The van der Waals surface area contributed by atoms with E-state index in [0.717, 1.165) is 62.2 Å². The van der Waals surface area contributed by atoms with Crippen molar-refractivity contribution in [3.05, 3.63) is 78.9 Å². The molecule has 0 spiro atoms. The maximum atomic E-state index is 13.2. The molecule has 0 amide bonds. The molecule has 3 aromatic heterocycles. The van der Waals surface area contributed by atoms with E-state index in [1.165, 1.54) is 7.11 Å². The first-order valence-electron chi connectivity index (χ1n) is 14.8. The number of esters is 1. The predicted octanol–water partition coefficient (Wildman–Crippen LogP) is 2.21. The molecule has 1 aliphatic carbocycles. The van der Waals surface area contributed by atoms with Gasteiger partial charge >= 0.3 is 11.9 Å². The first-order chi connectivity index (χ1) is 20.6. The van der Waals surface area contributed by atoms with E-state index < -0.39 is 23.9 Å². The van der Waals surface area contributed by atoms with E-state index in [1.807, 2.05) is 19.1 Å². The van der Waals surface area contributed by atoms with Crippen molar-refractivity contribution in [2.24, 2.45) is 17.8 Å². The molecule has 5 heterocycles. The molecule has 3 aromatic rings. The van der Waals surface area contributed by atoms with E-state index in [-0.39, 0.29) is 24.0 Å². The summed E-state index contributed by atoms with van der Waals surface area (Å²) in [7, 11) is 1.32. The van der Waals surface area contributed by atoms with Crippen molar-refractivity contribution in [3.63, 3.8) is 0 Å². The van der Waals surface area contributed by atoms with Crippen molar-refractivity contribution >= 4 is 47.6 Å². The Morgan fingerprint density at radius 3 is 2.49 bits per heavy atom. The number of ether oxygens (including phenoxy) is 1. The molecule has 0 radical (unpaired) electrons. The Hall–Kier alpha value is -4.66. The van der Waals surface area contributed by atoms with Gasteiger partial charge in [-0.2, -0.15) is 0 Å². The number of methoxy groups -OCH3 is 1. The number of H-pyrrole nitrogens is 3. The van der Waals surface area contributed by atoms with Crippen molar-refractivity contribution in [1.82, 2.24) is 20.3 Å². The molecule has 1 saturated heterocycles. The summed E-state index contributed by atoms with van der Waals surface area (Å²) in [5.41, 5.74) is 8.29. The van der Waals surface area contributed by atoms with Gasteiger partial charge < -0.3 is 35.2 Å². The highest BCUT2D eigenvalue weighted by Crippen LogP contribution is 2.42. The second kappa shape index (κ2) is 10.6. The summed E-state index contributed by atoms with van der Waals surface area (Å²) in [6.45, 7) is 12.2. The number of aryl methyl sites for hydroxylation is 1. The molecule has 1 unspecified atom stereocenters. The van der Waals surface area contributed by atoms with Crippen molar-refractivity contribution in [1.29, 1.82) is 0 Å². The fraction of sp³-hybridized carbons (Fsp3) is 0.353. The average Bonchev–Trinajstić information content (AvgIpc) is 3.73. The Kier molecular flexibility index (Phi) is 6.99. The van der Waals surface area contributed by atoms with Crippen LogP contribution >= 0.6 is 0 Å². The minimum atomic E-state index is -1.00. The molecule has 9 nitrogen and oxygen atoms in total. The lowest BCUT2D eigenvalue weighted by atomic mass is 9.80. The number of aliphatic carboxylic acids is 1. The number of aliphatic hydroxyl groups excluding tert-OH is 1. The van der Waals surface area contributed by atoms with Crippen molar-refractivity contribution in [2.45, 2.75) is 53.0 Å². The van der Waals surface area contributed by atoms with Crippen LogP contribution in [0.1, 0.15) is 66.0 Å². The second-order valence-electron chi connectivity index (χ2n) is 11.8. The van der Waals surface area contributed by atoms with Gasteiger partial charge in [-0.05, 0) is 79.2 Å². The topological polar surface area (TPSA) is 143 Å². The van der Waals surface area contributed by atoms with Crippen LogP contribution < -0.4 is 26.6 Å². The molecule has 1 fully saturated rings. The van der Waals surface area contributed by atoms with Crippen molar-refractivity contribution in [3.8, 4) is 0 Å².